The number of fused-ring (bicyclic) bond motifs is 1. The van der Waals surface area contributed by atoms with Crippen LogP contribution < -0.4 is 21.2 Å². The third-order valence-electron chi connectivity index (χ3n) is 5.62. The van der Waals surface area contributed by atoms with Crippen molar-refractivity contribution < 1.29 is 27.8 Å². The Kier molecular flexibility index (Phi) is 7.00. The first-order chi connectivity index (χ1) is 17.5. The maximum atomic E-state index is 13.1. The molecule has 12 heteroatoms. The Morgan fingerprint density at radius 2 is 1.70 bits per heavy atom. The molecule has 0 spiro atoms. The minimum atomic E-state index is -4.86. The minimum absolute atomic E-state index is 0.141. The lowest BCUT2D eigenvalue weighted by atomic mass is 10.1. The van der Waals surface area contributed by atoms with Crippen LogP contribution in [0.25, 0.3) is 16.5 Å². The fourth-order valence-corrected chi connectivity index (χ4v) is 3.64. The third kappa shape index (κ3) is 5.80. The number of halogens is 3. The Labute approximate surface area is 207 Å². The number of hydrogen-bond acceptors (Lipinski definition) is 6. The predicted molar refractivity (Wildman–Crippen MR) is 129 cm³/mol. The molecule has 2 aromatic carbocycles. The molecule has 192 valence electrons. The van der Waals surface area contributed by atoms with Crippen LogP contribution in [0.2, 0.25) is 0 Å². The lowest BCUT2D eigenvalue weighted by molar-refractivity contribution is -0.274. The van der Waals surface area contributed by atoms with Gasteiger partial charge in [0, 0.05) is 18.1 Å². The molecule has 37 heavy (non-hydrogen) atoms. The Morgan fingerprint density at radius 1 is 1.03 bits per heavy atom. The number of aliphatic carboxylic acids is 1. The highest BCUT2D eigenvalue weighted by Crippen LogP contribution is 2.25. The van der Waals surface area contributed by atoms with E-state index in [1.807, 2.05) is 0 Å². The molecule has 0 bridgehead atoms. The number of pyridine rings is 1. The summed E-state index contributed by atoms with van der Waals surface area (Å²) < 4.78 is 43.8. The molecule has 0 saturated heterocycles. The average Bonchev–Trinajstić information content (AvgIpc) is 2.85. The molecule has 4 aromatic rings. The van der Waals surface area contributed by atoms with Gasteiger partial charge >= 0.3 is 12.3 Å². The Balaban J connectivity index is 1.73. The summed E-state index contributed by atoms with van der Waals surface area (Å²) in [6.07, 6.45) is -3.07. The average molecular weight is 514 g/mol. The first-order valence-electron chi connectivity index (χ1n) is 11.1. The molecule has 0 amide bonds. The molecule has 0 aliphatic carbocycles. The molecule has 0 saturated carbocycles. The van der Waals surface area contributed by atoms with Gasteiger partial charge in [-0.3, -0.25) is 14.4 Å². The van der Waals surface area contributed by atoms with Gasteiger partial charge in [-0.15, -0.1) is 18.3 Å². The molecule has 4 rings (SSSR count). The summed E-state index contributed by atoms with van der Waals surface area (Å²) in [6, 6.07) is 14.3. The SMILES string of the molecule is CC(CCn1cccc(Nc2nn(-c3ccc(OC(F)(F)F)cc3)c(=O)c3ccccc23)c1=O)C(=O)O. The number of anilines is 2. The van der Waals surface area contributed by atoms with Crippen molar-refractivity contribution >= 4 is 28.2 Å². The van der Waals surface area contributed by atoms with E-state index >= 15 is 0 Å². The number of rotatable bonds is 8. The van der Waals surface area contributed by atoms with E-state index in [1.165, 1.54) is 22.8 Å². The number of aryl methyl sites for hydroxylation is 1. The quantitative estimate of drug-likeness (QED) is 0.360. The maximum absolute atomic E-state index is 13.1. The molecule has 9 nitrogen and oxygen atoms in total. The molecule has 2 N–H and O–H groups in total. The second-order valence-electron chi connectivity index (χ2n) is 8.23. The van der Waals surface area contributed by atoms with Crippen molar-refractivity contribution in [3.63, 3.8) is 0 Å². The van der Waals surface area contributed by atoms with Crippen LogP contribution in [-0.2, 0) is 11.3 Å². The first-order valence-corrected chi connectivity index (χ1v) is 11.1. The van der Waals surface area contributed by atoms with Gasteiger partial charge in [0.15, 0.2) is 5.82 Å². The van der Waals surface area contributed by atoms with Gasteiger partial charge in [0.1, 0.15) is 11.4 Å². The van der Waals surface area contributed by atoms with Crippen LogP contribution in [0.4, 0.5) is 24.7 Å². The molecular weight excluding hydrogens is 493 g/mol. The number of carbonyl (C=O) groups is 1. The summed E-state index contributed by atoms with van der Waals surface area (Å²) in [5.74, 6) is -1.88. The van der Waals surface area contributed by atoms with Gasteiger partial charge in [-0.05, 0) is 48.9 Å². The van der Waals surface area contributed by atoms with Crippen LogP contribution in [0.3, 0.4) is 0 Å². The van der Waals surface area contributed by atoms with Gasteiger partial charge in [-0.1, -0.05) is 25.1 Å². The maximum Gasteiger partial charge on any atom is 0.573 e. The smallest absolute Gasteiger partial charge is 0.481 e. The van der Waals surface area contributed by atoms with E-state index in [1.54, 1.807) is 43.5 Å². The lowest BCUT2D eigenvalue weighted by Crippen LogP contribution is -2.26. The van der Waals surface area contributed by atoms with Crippen LogP contribution >= 0.6 is 0 Å². The zero-order chi connectivity index (χ0) is 26.7. The lowest BCUT2D eigenvalue weighted by Gasteiger charge is -2.14. The summed E-state index contributed by atoms with van der Waals surface area (Å²) >= 11 is 0. The van der Waals surface area contributed by atoms with E-state index in [-0.39, 0.29) is 35.5 Å². The van der Waals surface area contributed by atoms with Gasteiger partial charge in [0.2, 0.25) is 0 Å². The standard InChI is InChI=1S/C25H21F3N4O5/c1-15(24(35)36)12-14-31-13-4-7-20(23(31)34)29-21-18-5-2-3-6-19(18)22(33)32(30-21)16-8-10-17(11-9-16)37-25(26,27)28/h2-11,13,15H,12,14H2,1H3,(H,29,30)(H,35,36). The molecule has 0 aliphatic rings. The van der Waals surface area contributed by atoms with Gasteiger partial charge in [-0.25, -0.2) is 0 Å². The molecule has 2 heterocycles. The van der Waals surface area contributed by atoms with Gasteiger partial charge in [0.05, 0.1) is 17.0 Å². The highest BCUT2D eigenvalue weighted by atomic mass is 19.4. The number of carboxylic acids is 1. The summed E-state index contributed by atoms with van der Waals surface area (Å²) in [6.45, 7) is 1.73. The van der Waals surface area contributed by atoms with E-state index in [0.717, 1.165) is 16.8 Å². The Bertz CT molecular complexity index is 1560. The van der Waals surface area contributed by atoms with E-state index in [9.17, 15) is 27.6 Å². The Morgan fingerprint density at radius 3 is 2.35 bits per heavy atom. The van der Waals surface area contributed by atoms with Gasteiger partial charge in [0.25, 0.3) is 11.1 Å². The zero-order valence-electron chi connectivity index (χ0n) is 19.4. The monoisotopic (exact) mass is 514 g/mol. The van der Waals surface area contributed by atoms with Crippen LogP contribution in [0.5, 0.6) is 5.75 Å². The van der Waals surface area contributed by atoms with Crippen molar-refractivity contribution in [3.8, 4) is 11.4 Å². The van der Waals surface area contributed by atoms with E-state index in [4.69, 9.17) is 5.11 Å². The molecule has 0 radical (unpaired) electrons. The fourth-order valence-electron chi connectivity index (χ4n) is 3.64. The number of carboxylic acid groups (broad SMARTS) is 1. The molecular formula is C25H21F3N4O5. The predicted octanol–water partition coefficient (Wildman–Crippen LogP) is 4.30. The van der Waals surface area contributed by atoms with Crippen molar-refractivity contribution in [3.05, 3.63) is 87.6 Å². The highest BCUT2D eigenvalue weighted by Gasteiger charge is 2.31. The van der Waals surface area contributed by atoms with E-state index < -0.39 is 35.1 Å². The molecule has 1 unspecified atom stereocenters. The van der Waals surface area contributed by atoms with Crippen LogP contribution in [-0.4, -0.2) is 31.8 Å². The van der Waals surface area contributed by atoms with Crippen LogP contribution in [0, 0.1) is 5.92 Å². The van der Waals surface area contributed by atoms with Crippen molar-refractivity contribution in [1.82, 2.24) is 14.3 Å². The number of ether oxygens (including phenoxy) is 1. The molecule has 1 atom stereocenters. The molecule has 0 aliphatic heterocycles. The fraction of sp³-hybridized carbons (Fsp3) is 0.200. The third-order valence-corrected chi connectivity index (χ3v) is 5.62. The van der Waals surface area contributed by atoms with Crippen LogP contribution in [0.1, 0.15) is 13.3 Å². The van der Waals surface area contributed by atoms with Crippen molar-refractivity contribution in [1.29, 1.82) is 0 Å². The second-order valence-corrected chi connectivity index (χ2v) is 8.23. The zero-order valence-corrected chi connectivity index (χ0v) is 19.4. The summed E-state index contributed by atoms with van der Waals surface area (Å²) in [7, 11) is 0. The summed E-state index contributed by atoms with van der Waals surface area (Å²) in [5.41, 5.74) is -0.611. The number of hydrogen-bond donors (Lipinski definition) is 2. The van der Waals surface area contributed by atoms with Crippen molar-refractivity contribution in [2.45, 2.75) is 26.3 Å². The number of nitrogens with zero attached hydrogens (tertiary/aromatic N) is 3. The second kappa shape index (κ2) is 10.2. The summed E-state index contributed by atoms with van der Waals surface area (Å²) in [5, 5.41) is 17.1. The number of alkyl halides is 3. The number of benzene rings is 2. The Hall–Kier alpha value is -4.61. The normalized spacial score (nSPS) is 12.3. The topological polar surface area (TPSA) is 115 Å². The highest BCUT2D eigenvalue weighted by molar-refractivity contribution is 5.92. The number of nitrogens with one attached hydrogen (secondary N) is 1. The number of aromatic nitrogens is 3. The van der Waals surface area contributed by atoms with Crippen molar-refractivity contribution in [2.75, 3.05) is 5.32 Å². The van der Waals surface area contributed by atoms with E-state index in [0.29, 0.717) is 5.39 Å². The molecule has 0 fully saturated rings. The van der Waals surface area contributed by atoms with Gasteiger partial charge in [-0.2, -0.15) is 4.68 Å². The summed E-state index contributed by atoms with van der Waals surface area (Å²) in [4.78, 5) is 37.2. The van der Waals surface area contributed by atoms with Crippen LogP contribution in [0.15, 0.2) is 76.4 Å². The van der Waals surface area contributed by atoms with Crippen molar-refractivity contribution in [2.24, 2.45) is 5.92 Å². The van der Waals surface area contributed by atoms with Gasteiger partial charge < -0.3 is 19.7 Å². The largest absolute Gasteiger partial charge is 0.573 e. The minimum Gasteiger partial charge on any atom is -0.481 e. The molecule has 2 aromatic heterocycles. The van der Waals surface area contributed by atoms with E-state index in [2.05, 4.69) is 15.2 Å². The first kappa shape index (κ1) is 25.5.